The fourth-order valence-electron chi connectivity index (χ4n) is 2.28. The monoisotopic (exact) mass is 332 g/mol. The van der Waals surface area contributed by atoms with Crippen LogP contribution < -0.4 is 5.32 Å². The van der Waals surface area contributed by atoms with Crippen LogP contribution in [0.15, 0.2) is 29.4 Å². The molecule has 0 saturated carbocycles. The number of rotatable bonds is 4. The second kappa shape index (κ2) is 6.37. The number of nitrogens with zero attached hydrogens (tertiary/aromatic N) is 5. The van der Waals surface area contributed by atoms with Gasteiger partial charge >= 0.3 is 6.03 Å². The number of tetrazole rings is 1. The largest absolute Gasteiger partial charge is 0.336 e. The molecule has 0 radical (unpaired) electrons. The zero-order valence-electron chi connectivity index (χ0n) is 12.8. The molecule has 1 unspecified atom stereocenters. The Kier molecular flexibility index (Phi) is 4.28. The first-order chi connectivity index (χ1) is 11.1. The number of amides is 3. The van der Waals surface area contributed by atoms with Crippen LogP contribution in [0.2, 0.25) is 0 Å². The third-order valence-electron chi connectivity index (χ3n) is 3.44. The molecule has 1 aliphatic heterocycles. The van der Waals surface area contributed by atoms with E-state index in [1.54, 1.807) is 11.6 Å². The molecule has 9 heteroatoms. The Morgan fingerprint density at radius 1 is 1.43 bits per heavy atom. The average molecular weight is 332 g/mol. The number of hydrogen-bond acceptors (Lipinski definition) is 6. The maximum Gasteiger partial charge on any atom is 0.324 e. The van der Waals surface area contributed by atoms with Crippen LogP contribution in [0.4, 0.5) is 4.79 Å². The molecule has 0 aliphatic carbocycles. The summed E-state index contributed by atoms with van der Waals surface area (Å²) in [5.74, 6) is -0.246. The van der Waals surface area contributed by atoms with Crippen molar-refractivity contribution in [3.63, 3.8) is 0 Å². The molecule has 0 bridgehead atoms. The summed E-state index contributed by atoms with van der Waals surface area (Å²) in [4.78, 5) is 25.2. The average Bonchev–Trinajstić information content (AvgIpc) is 3.15. The van der Waals surface area contributed by atoms with Crippen LogP contribution in [0.1, 0.15) is 12.5 Å². The van der Waals surface area contributed by atoms with Gasteiger partial charge in [-0.2, -0.15) is 4.68 Å². The molecule has 2 heterocycles. The number of aryl methyl sites for hydroxylation is 1. The highest BCUT2D eigenvalue weighted by Gasteiger charge is 2.31. The van der Waals surface area contributed by atoms with Crippen molar-refractivity contribution in [3.05, 3.63) is 29.8 Å². The SMILES string of the molecule is Cc1cccc(-n2nnnc2SC(C)C(=O)N2CCNC2=O)c1. The molecule has 1 aliphatic rings. The van der Waals surface area contributed by atoms with Crippen LogP contribution in [-0.2, 0) is 4.79 Å². The van der Waals surface area contributed by atoms with Gasteiger partial charge in [0.15, 0.2) is 0 Å². The van der Waals surface area contributed by atoms with Crippen LogP contribution in [-0.4, -0.2) is 55.4 Å². The van der Waals surface area contributed by atoms with Crippen molar-refractivity contribution in [1.29, 1.82) is 0 Å². The van der Waals surface area contributed by atoms with Crippen molar-refractivity contribution in [1.82, 2.24) is 30.4 Å². The van der Waals surface area contributed by atoms with E-state index in [9.17, 15) is 9.59 Å². The van der Waals surface area contributed by atoms with E-state index in [4.69, 9.17) is 0 Å². The Bertz CT molecular complexity index is 746. The van der Waals surface area contributed by atoms with Crippen molar-refractivity contribution < 1.29 is 9.59 Å². The maximum atomic E-state index is 12.4. The number of nitrogens with one attached hydrogen (secondary N) is 1. The molecular formula is C14H16N6O2S. The topological polar surface area (TPSA) is 93.0 Å². The van der Waals surface area contributed by atoms with Gasteiger partial charge in [-0.05, 0) is 42.0 Å². The van der Waals surface area contributed by atoms with Crippen LogP contribution in [0.5, 0.6) is 0 Å². The van der Waals surface area contributed by atoms with E-state index in [1.807, 2.05) is 31.2 Å². The molecule has 23 heavy (non-hydrogen) atoms. The standard InChI is InChI=1S/C14H16N6O2S/c1-9-4-3-5-11(8-9)20-14(16-17-18-20)23-10(2)12(21)19-7-6-15-13(19)22/h3-5,8,10H,6-7H2,1-2H3,(H,15,22). The second-order valence-electron chi connectivity index (χ2n) is 5.19. The number of carbonyl (C=O) groups excluding carboxylic acids is 2. The lowest BCUT2D eigenvalue weighted by Crippen LogP contribution is -2.39. The summed E-state index contributed by atoms with van der Waals surface area (Å²) >= 11 is 1.23. The van der Waals surface area contributed by atoms with Gasteiger partial charge in [0, 0.05) is 13.1 Å². The summed E-state index contributed by atoms with van der Waals surface area (Å²) in [6, 6.07) is 7.41. The third kappa shape index (κ3) is 3.19. The summed E-state index contributed by atoms with van der Waals surface area (Å²) in [5.41, 5.74) is 1.92. The highest BCUT2D eigenvalue weighted by Crippen LogP contribution is 2.24. The molecular weight excluding hydrogens is 316 g/mol. The fraction of sp³-hybridized carbons (Fsp3) is 0.357. The summed E-state index contributed by atoms with van der Waals surface area (Å²) in [6.07, 6.45) is 0. The number of imide groups is 1. The van der Waals surface area contributed by atoms with Gasteiger partial charge in [-0.25, -0.2) is 4.79 Å². The first kappa shape index (κ1) is 15.5. The van der Waals surface area contributed by atoms with Crippen LogP contribution in [0, 0.1) is 6.92 Å². The van der Waals surface area contributed by atoms with Gasteiger partial charge in [-0.3, -0.25) is 9.69 Å². The van der Waals surface area contributed by atoms with Gasteiger partial charge in [-0.15, -0.1) is 5.10 Å². The predicted molar refractivity (Wildman–Crippen MR) is 84.3 cm³/mol. The van der Waals surface area contributed by atoms with Crippen molar-refractivity contribution >= 4 is 23.7 Å². The van der Waals surface area contributed by atoms with Gasteiger partial charge in [0.2, 0.25) is 11.1 Å². The Labute approximate surface area is 137 Å². The lowest BCUT2D eigenvalue weighted by atomic mass is 10.2. The van der Waals surface area contributed by atoms with Gasteiger partial charge in [0.1, 0.15) is 0 Å². The van der Waals surface area contributed by atoms with Crippen molar-refractivity contribution in [2.75, 3.05) is 13.1 Å². The molecule has 1 aromatic carbocycles. The molecule has 1 N–H and O–H groups in total. The van der Waals surface area contributed by atoms with E-state index < -0.39 is 5.25 Å². The molecule has 2 aromatic rings. The summed E-state index contributed by atoms with van der Waals surface area (Å²) in [6.45, 7) is 4.61. The first-order valence-electron chi connectivity index (χ1n) is 7.17. The van der Waals surface area contributed by atoms with E-state index in [1.165, 1.54) is 16.7 Å². The van der Waals surface area contributed by atoms with Gasteiger partial charge in [0.05, 0.1) is 10.9 Å². The molecule has 3 amide bonds. The number of hydrogen-bond donors (Lipinski definition) is 1. The molecule has 8 nitrogen and oxygen atoms in total. The number of carbonyl (C=O) groups is 2. The molecule has 1 saturated heterocycles. The summed E-state index contributed by atoms with van der Waals surface area (Å²) in [7, 11) is 0. The Morgan fingerprint density at radius 3 is 2.96 bits per heavy atom. The summed E-state index contributed by atoms with van der Waals surface area (Å²) < 4.78 is 1.59. The maximum absolute atomic E-state index is 12.4. The minimum Gasteiger partial charge on any atom is -0.336 e. The minimum atomic E-state index is -0.464. The van der Waals surface area contributed by atoms with Gasteiger partial charge in [0.25, 0.3) is 0 Å². The molecule has 1 aromatic heterocycles. The lowest BCUT2D eigenvalue weighted by Gasteiger charge is -2.16. The fourth-order valence-corrected chi connectivity index (χ4v) is 3.15. The van der Waals surface area contributed by atoms with Crippen molar-refractivity contribution in [2.24, 2.45) is 0 Å². The number of urea groups is 1. The first-order valence-corrected chi connectivity index (χ1v) is 8.05. The molecule has 1 atom stereocenters. The molecule has 3 rings (SSSR count). The Hall–Kier alpha value is -2.42. The van der Waals surface area contributed by atoms with E-state index >= 15 is 0 Å². The van der Waals surface area contributed by atoms with E-state index in [0.29, 0.717) is 18.2 Å². The second-order valence-corrected chi connectivity index (χ2v) is 6.50. The zero-order chi connectivity index (χ0) is 16.4. The number of thioether (sulfide) groups is 1. The summed E-state index contributed by atoms with van der Waals surface area (Å²) in [5, 5.41) is 14.3. The molecule has 120 valence electrons. The predicted octanol–water partition coefficient (Wildman–Crippen LogP) is 1.00. The van der Waals surface area contributed by atoms with Crippen LogP contribution in [0.25, 0.3) is 5.69 Å². The van der Waals surface area contributed by atoms with Crippen LogP contribution in [0.3, 0.4) is 0 Å². The highest BCUT2D eigenvalue weighted by molar-refractivity contribution is 8.00. The van der Waals surface area contributed by atoms with Crippen molar-refractivity contribution in [3.8, 4) is 5.69 Å². The third-order valence-corrected chi connectivity index (χ3v) is 4.46. The Morgan fingerprint density at radius 2 is 2.26 bits per heavy atom. The van der Waals surface area contributed by atoms with Gasteiger partial charge < -0.3 is 5.32 Å². The smallest absolute Gasteiger partial charge is 0.324 e. The number of aromatic nitrogens is 4. The highest BCUT2D eigenvalue weighted by atomic mass is 32.2. The zero-order valence-corrected chi connectivity index (χ0v) is 13.6. The van der Waals surface area contributed by atoms with Gasteiger partial charge in [-0.1, -0.05) is 23.9 Å². The van der Waals surface area contributed by atoms with Crippen LogP contribution >= 0.6 is 11.8 Å². The Balaban J connectivity index is 1.77. The minimum absolute atomic E-state index is 0.246. The number of benzene rings is 1. The normalized spacial score (nSPS) is 15.6. The molecule has 1 fully saturated rings. The lowest BCUT2D eigenvalue weighted by molar-refractivity contribution is -0.126. The van der Waals surface area contributed by atoms with E-state index in [0.717, 1.165) is 11.3 Å². The van der Waals surface area contributed by atoms with E-state index in [2.05, 4.69) is 20.8 Å². The van der Waals surface area contributed by atoms with Crippen molar-refractivity contribution in [2.45, 2.75) is 24.3 Å². The quantitative estimate of drug-likeness (QED) is 0.840. The molecule has 0 spiro atoms. The van der Waals surface area contributed by atoms with E-state index in [-0.39, 0.29) is 11.9 Å².